The van der Waals surface area contributed by atoms with Gasteiger partial charge in [-0.25, -0.2) is 0 Å². The first-order valence-corrected chi connectivity index (χ1v) is 8.68. The van der Waals surface area contributed by atoms with E-state index in [0.29, 0.717) is 5.54 Å². The maximum Gasteiger partial charge on any atom is 0.0304 e. The van der Waals surface area contributed by atoms with Crippen molar-refractivity contribution in [3.8, 4) is 0 Å². The van der Waals surface area contributed by atoms with E-state index in [-0.39, 0.29) is 0 Å². The van der Waals surface area contributed by atoms with E-state index in [0.717, 1.165) is 12.0 Å². The lowest BCUT2D eigenvalue weighted by molar-refractivity contribution is 0.0783. The molecule has 1 unspecified atom stereocenters. The molecule has 2 aliphatic rings. The van der Waals surface area contributed by atoms with Crippen LogP contribution in [-0.2, 0) is 0 Å². The molecule has 2 heteroatoms. The van der Waals surface area contributed by atoms with Crippen LogP contribution in [0.3, 0.4) is 0 Å². The summed E-state index contributed by atoms with van der Waals surface area (Å²) in [5, 5.41) is 3.80. The molecule has 2 nitrogen and oxygen atoms in total. The third-order valence-electron chi connectivity index (χ3n) is 5.79. The van der Waals surface area contributed by atoms with Crippen LogP contribution in [0.25, 0.3) is 0 Å². The van der Waals surface area contributed by atoms with Crippen LogP contribution >= 0.6 is 0 Å². The molecule has 0 bridgehead atoms. The van der Waals surface area contributed by atoms with Gasteiger partial charge in [-0.2, -0.15) is 0 Å². The fourth-order valence-electron chi connectivity index (χ4n) is 4.00. The Kier molecular flexibility index (Phi) is 5.70. The van der Waals surface area contributed by atoms with Gasteiger partial charge in [0.2, 0.25) is 0 Å². The van der Waals surface area contributed by atoms with Crippen molar-refractivity contribution in [3.63, 3.8) is 0 Å². The van der Waals surface area contributed by atoms with Crippen molar-refractivity contribution >= 4 is 0 Å². The van der Waals surface area contributed by atoms with Crippen molar-refractivity contribution in [1.82, 2.24) is 10.2 Å². The Labute approximate surface area is 120 Å². The van der Waals surface area contributed by atoms with Crippen LogP contribution in [0, 0.1) is 5.92 Å². The largest absolute Gasteiger partial charge is 0.308 e. The molecule has 0 aromatic heterocycles. The van der Waals surface area contributed by atoms with Crippen molar-refractivity contribution in [2.75, 3.05) is 19.6 Å². The monoisotopic (exact) mass is 266 g/mol. The molecule has 1 saturated carbocycles. The smallest absolute Gasteiger partial charge is 0.0304 e. The molecular weight excluding hydrogens is 232 g/mol. The third-order valence-corrected chi connectivity index (χ3v) is 5.79. The molecule has 0 amide bonds. The molecule has 0 radical (unpaired) electrons. The molecule has 2 rings (SSSR count). The Hall–Kier alpha value is -0.0800. The van der Waals surface area contributed by atoms with Gasteiger partial charge in [-0.15, -0.1) is 0 Å². The van der Waals surface area contributed by atoms with E-state index in [2.05, 4.69) is 31.0 Å². The summed E-state index contributed by atoms with van der Waals surface area (Å²) in [6.07, 6.45) is 11.4. The fraction of sp³-hybridized carbons (Fsp3) is 1.00. The number of nitrogens with zero attached hydrogens (tertiary/aromatic N) is 1. The molecule has 1 saturated heterocycles. The third kappa shape index (κ3) is 3.95. The first-order chi connectivity index (χ1) is 9.19. The topological polar surface area (TPSA) is 15.3 Å². The second-order valence-corrected chi connectivity index (χ2v) is 6.98. The van der Waals surface area contributed by atoms with Gasteiger partial charge in [-0.3, -0.25) is 4.90 Å². The van der Waals surface area contributed by atoms with E-state index in [1.54, 1.807) is 0 Å². The van der Waals surface area contributed by atoms with Crippen LogP contribution in [0.5, 0.6) is 0 Å². The van der Waals surface area contributed by atoms with Gasteiger partial charge < -0.3 is 5.32 Å². The summed E-state index contributed by atoms with van der Waals surface area (Å²) in [7, 11) is 0. The lowest BCUT2D eigenvalue weighted by Crippen LogP contribution is -2.63. The molecule has 0 aromatic rings. The highest BCUT2D eigenvalue weighted by Crippen LogP contribution is 2.29. The Balaban J connectivity index is 1.76. The molecule has 2 fully saturated rings. The summed E-state index contributed by atoms with van der Waals surface area (Å²) >= 11 is 0. The van der Waals surface area contributed by atoms with Crippen LogP contribution in [0.4, 0.5) is 0 Å². The van der Waals surface area contributed by atoms with E-state index >= 15 is 0 Å². The van der Waals surface area contributed by atoms with Gasteiger partial charge in [0, 0.05) is 24.7 Å². The summed E-state index contributed by atoms with van der Waals surface area (Å²) in [5.41, 5.74) is 0.389. The maximum atomic E-state index is 3.80. The van der Waals surface area contributed by atoms with Gasteiger partial charge in [0.25, 0.3) is 0 Å². The minimum Gasteiger partial charge on any atom is -0.308 e. The second kappa shape index (κ2) is 7.08. The standard InChI is InChI=1S/C17H34N2/c1-4-17(5-2)14-19(15(3)13-18-17)12-8-11-16-9-6-7-10-16/h15-16,18H,4-14H2,1-3H3. The highest BCUT2D eigenvalue weighted by atomic mass is 15.2. The van der Waals surface area contributed by atoms with Crippen LogP contribution in [0.2, 0.25) is 0 Å². The van der Waals surface area contributed by atoms with Gasteiger partial charge >= 0.3 is 0 Å². The van der Waals surface area contributed by atoms with E-state index in [9.17, 15) is 0 Å². The number of piperazine rings is 1. The Bertz CT molecular complexity index is 254. The fourth-order valence-corrected chi connectivity index (χ4v) is 4.00. The molecule has 1 aliphatic carbocycles. The van der Waals surface area contributed by atoms with Gasteiger partial charge in [0.1, 0.15) is 0 Å². The quantitative estimate of drug-likeness (QED) is 0.786. The summed E-state index contributed by atoms with van der Waals surface area (Å²) in [6, 6.07) is 0.717. The normalized spacial score (nSPS) is 28.9. The summed E-state index contributed by atoms with van der Waals surface area (Å²) < 4.78 is 0. The summed E-state index contributed by atoms with van der Waals surface area (Å²) in [5.74, 6) is 1.06. The summed E-state index contributed by atoms with van der Waals surface area (Å²) in [6.45, 7) is 10.8. The zero-order valence-corrected chi connectivity index (χ0v) is 13.4. The van der Waals surface area contributed by atoms with E-state index < -0.39 is 0 Å². The van der Waals surface area contributed by atoms with Crippen molar-refractivity contribution in [2.24, 2.45) is 5.92 Å². The van der Waals surface area contributed by atoms with E-state index in [4.69, 9.17) is 0 Å². The zero-order valence-electron chi connectivity index (χ0n) is 13.4. The van der Waals surface area contributed by atoms with Gasteiger partial charge in [0.15, 0.2) is 0 Å². The average molecular weight is 266 g/mol. The van der Waals surface area contributed by atoms with Crippen LogP contribution in [0.1, 0.15) is 72.1 Å². The molecule has 19 heavy (non-hydrogen) atoms. The Morgan fingerprint density at radius 2 is 1.84 bits per heavy atom. The number of rotatable bonds is 6. The zero-order chi connectivity index (χ0) is 13.7. The van der Waals surface area contributed by atoms with E-state index in [1.807, 2.05) is 0 Å². The Morgan fingerprint density at radius 3 is 2.47 bits per heavy atom. The molecule has 1 atom stereocenters. The highest BCUT2D eigenvalue weighted by Gasteiger charge is 2.34. The molecule has 1 aliphatic heterocycles. The molecule has 0 aromatic carbocycles. The van der Waals surface area contributed by atoms with Crippen molar-refractivity contribution in [3.05, 3.63) is 0 Å². The van der Waals surface area contributed by atoms with Crippen molar-refractivity contribution in [2.45, 2.75) is 83.7 Å². The minimum atomic E-state index is 0.389. The van der Waals surface area contributed by atoms with Crippen LogP contribution in [-0.4, -0.2) is 36.1 Å². The van der Waals surface area contributed by atoms with Gasteiger partial charge in [0.05, 0.1) is 0 Å². The first kappa shape index (κ1) is 15.3. The predicted molar refractivity (Wildman–Crippen MR) is 83.5 cm³/mol. The molecule has 1 N–H and O–H groups in total. The average Bonchev–Trinajstić information content (AvgIpc) is 2.94. The number of nitrogens with one attached hydrogen (secondary N) is 1. The molecule has 112 valence electrons. The predicted octanol–water partition coefficient (Wildman–Crippen LogP) is 3.81. The molecular formula is C17H34N2. The van der Waals surface area contributed by atoms with Gasteiger partial charge in [-0.1, -0.05) is 39.5 Å². The number of hydrogen-bond donors (Lipinski definition) is 1. The van der Waals surface area contributed by atoms with Gasteiger partial charge in [-0.05, 0) is 45.1 Å². The lowest BCUT2D eigenvalue weighted by Gasteiger charge is -2.46. The minimum absolute atomic E-state index is 0.389. The number of hydrogen-bond acceptors (Lipinski definition) is 2. The SMILES string of the molecule is CCC1(CC)CN(CCCC2CCCC2)C(C)CN1. The van der Waals surface area contributed by atoms with Crippen molar-refractivity contribution < 1.29 is 0 Å². The second-order valence-electron chi connectivity index (χ2n) is 6.98. The Morgan fingerprint density at radius 1 is 1.16 bits per heavy atom. The summed E-state index contributed by atoms with van der Waals surface area (Å²) in [4.78, 5) is 2.75. The maximum absolute atomic E-state index is 3.80. The van der Waals surface area contributed by atoms with Crippen LogP contribution < -0.4 is 5.32 Å². The molecule has 0 spiro atoms. The van der Waals surface area contributed by atoms with Crippen LogP contribution in [0.15, 0.2) is 0 Å². The van der Waals surface area contributed by atoms with E-state index in [1.165, 1.54) is 71.0 Å². The highest BCUT2D eigenvalue weighted by molar-refractivity contribution is 4.95. The molecule has 1 heterocycles. The van der Waals surface area contributed by atoms with Crippen molar-refractivity contribution in [1.29, 1.82) is 0 Å². The lowest BCUT2D eigenvalue weighted by atomic mass is 9.88. The first-order valence-electron chi connectivity index (χ1n) is 8.68.